The number of fused-ring (bicyclic) bond motifs is 1. The summed E-state index contributed by atoms with van der Waals surface area (Å²) in [7, 11) is 0. The molecule has 4 rings (SSSR count). The number of aliphatic hydroxyl groups excluding tert-OH is 1. The van der Waals surface area contributed by atoms with Crippen LogP contribution in [-0.4, -0.2) is 27.4 Å². The van der Waals surface area contributed by atoms with Crippen molar-refractivity contribution in [2.45, 2.75) is 26.0 Å². The highest BCUT2D eigenvalue weighted by Gasteiger charge is 2.19. The maximum absolute atomic E-state index is 8.82. The molecule has 25 heavy (non-hydrogen) atoms. The number of imidazole rings is 1. The van der Waals surface area contributed by atoms with Gasteiger partial charge in [0.1, 0.15) is 24.3 Å². The molecule has 0 fully saturated rings. The number of hydrogen-bond donors (Lipinski definition) is 1. The Bertz CT molecular complexity index is 961. The van der Waals surface area contributed by atoms with E-state index >= 15 is 0 Å². The van der Waals surface area contributed by atoms with Gasteiger partial charge in [-0.15, -0.1) is 11.3 Å². The lowest BCUT2D eigenvalue weighted by Gasteiger charge is -2.08. The molecule has 0 aliphatic carbocycles. The molecular weight excluding hydrogens is 332 g/mol. The molecule has 5 heteroatoms. The van der Waals surface area contributed by atoms with Crippen LogP contribution in [0.2, 0.25) is 0 Å². The van der Waals surface area contributed by atoms with E-state index in [1.54, 1.807) is 11.3 Å². The summed E-state index contributed by atoms with van der Waals surface area (Å²) in [5.41, 5.74) is 2.52. The zero-order valence-corrected chi connectivity index (χ0v) is 14.7. The van der Waals surface area contributed by atoms with E-state index in [0.29, 0.717) is 0 Å². The van der Waals surface area contributed by atoms with Gasteiger partial charge in [0.25, 0.3) is 0 Å². The van der Waals surface area contributed by atoms with Gasteiger partial charge in [-0.25, -0.2) is 4.98 Å². The fraction of sp³-hybridized carbons (Fsp3) is 0.250. The zero-order valence-electron chi connectivity index (χ0n) is 13.9. The summed E-state index contributed by atoms with van der Waals surface area (Å²) >= 11 is 1.59. The zero-order chi connectivity index (χ0) is 17.2. The fourth-order valence-electron chi connectivity index (χ4n) is 3.08. The molecule has 0 saturated carbocycles. The summed E-state index contributed by atoms with van der Waals surface area (Å²) in [6, 6.07) is 10.4. The smallest absolute Gasteiger partial charge is 0.150 e. The van der Waals surface area contributed by atoms with Crippen molar-refractivity contribution in [1.29, 1.82) is 0 Å². The normalized spacial score (nSPS) is 15.4. The molecule has 2 aromatic heterocycles. The Morgan fingerprint density at radius 3 is 3.16 bits per heavy atom. The first-order valence-electron chi connectivity index (χ1n) is 8.22. The quantitative estimate of drug-likeness (QED) is 0.737. The summed E-state index contributed by atoms with van der Waals surface area (Å²) in [6.45, 7) is 2.75. The number of thiophene rings is 1. The fourth-order valence-corrected chi connectivity index (χ4v) is 3.98. The van der Waals surface area contributed by atoms with Crippen LogP contribution in [0.5, 0.6) is 5.75 Å². The third-order valence-corrected chi connectivity index (χ3v) is 5.14. The molecule has 0 radical (unpaired) electrons. The summed E-state index contributed by atoms with van der Waals surface area (Å²) < 4.78 is 7.93. The van der Waals surface area contributed by atoms with Crippen LogP contribution in [0, 0.1) is 11.8 Å². The van der Waals surface area contributed by atoms with Crippen molar-refractivity contribution in [2.75, 3.05) is 6.61 Å². The molecule has 1 atom stereocenters. The number of nitrogens with zero attached hydrogens (tertiary/aromatic N) is 2. The maximum Gasteiger partial charge on any atom is 0.150 e. The van der Waals surface area contributed by atoms with Crippen molar-refractivity contribution in [2.24, 2.45) is 0 Å². The number of rotatable bonds is 3. The second-order valence-electron chi connectivity index (χ2n) is 6.08. The van der Waals surface area contributed by atoms with Crippen molar-refractivity contribution in [1.82, 2.24) is 9.55 Å². The first kappa shape index (κ1) is 15.9. The summed E-state index contributed by atoms with van der Waals surface area (Å²) in [4.78, 5) is 6.52. The van der Waals surface area contributed by atoms with Gasteiger partial charge < -0.3 is 14.4 Å². The molecule has 1 N–H and O–H groups in total. The van der Waals surface area contributed by atoms with E-state index in [2.05, 4.69) is 46.5 Å². The van der Waals surface area contributed by atoms with Gasteiger partial charge in [0, 0.05) is 25.4 Å². The minimum atomic E-state index is -0.122. The van der Waals surface area contributed by atoms with Crippen molar-refractivity contribution in [3.63, 3.8) is 0 Å². The molecule has 1 aromatic carbocycles. The van der Waals surface area contributed by atoms with Crippen LogP contribution < -0.4 is 4.74 Å². The highest BCUT2D eigenvalue weighted by molar-refractivity contribution is 7.15. The molecule has 0 bridgehead atoms. The van der Waals surface area contributed by atoms with Gasteiger partial charge in [-0.3, -0.25) is 0 Å². The number of aromatic nitrogens is 2. The van der Waals surface area contributed by atoms with Crippen LogP contribution in [0.25, 0.3) is 10.7 Å². The van der Waals surface area contributed by atoms with Crippen molar-refractivity contribution in [3.05, 3.63) is 58.7 Å². The van der Waals surface area contributed by atoms with Crippen LogP contribution in [0.3, 0.4) is 0 Å². The molecule has 0 unspecified atom stereocenters. The van der Waals surface area contributed by atoms with Crippen LogP contribution in [-0.2, 0) is 13.0 Å². The van der Waals surface area contributed by atoms with Gasteiger partial charge in [0.15, 0.2) is 0 Å². The Kier molecular flexibility index (Phi) is 4.31. The maximum atomic E-state index is 8.82. The predicted molar refractivity (Wildman–Crippen MR) is 98.8 cm³/mol. The molecular formula is C20H18N2O2S. The van der Waals surface area contributed by atoms with E-state index in [1.165, 1.54) is 11.1 Å². The second-order valence-corrected chi connectivity index (χ2v) is 7.16. The van der Waals surface area contributed by atoms with E-state index in [0.717, 1.165) is 34.3 Å². The SMILES string of the molecule is C[C@H]1Cc2cc(Cn3ccnc3-c3ccc(C#CCO)s3)ccc2O1. The molecule has 1 aliphatic heterocycles. The number of aliphatic hydroxyl groups is 1. The summed E-state index contributed by atoms with van der Waals surface area (Å²) in [6.07, 6.45) is 5.06. The van der Waals surface area contributed by atoms with Gasteiger partial charge in [0.2, 0.25) is 0 Å². The average Bonchev–Trinajstić information content (AvgIpc) is 3.31. The number of ether oxygens (including phenoxy) is 1. The van der Waals surface area contributed by atoms with E-state index in [9.17, 15) is 0 Å². The van der Waals surface area contributed by atoms with Crippen LogP contribution in [0.4, 0.5) is 0 Å². The molecule has 126 valence electrons. The lowest BCUT2D eigenvalue weighted by Crippen LogP contribution is -2.05. The van der Waals surface area contributed by atoms with Crippen LogP contribution in [0.1, 0.15) is 22.9 Å². The highest BCUT2D eigenvalue weighted by Crippen LogP contribution is 2.31. The third kappa shape index (κ3) is 3.32. The minimum Gasteiger partial charge on any atom is -0.490 e. The van der Waals surface area contributed by atoms with Gasteiger partial charge >= 0.3 is 0 Å². The molecule has 3 aromatic rings. The van der Waals surface area contributed by atoms with E-state index in [-0.39, 0.29) is 12.7 Å². The largest absolute Gasteiger partial charge is 0.490 e. The number of hydrogen-bond acceptors (Lipinski definition) is 4. The average molecular weight is 350 g/mol. The lowest BCUT2D eigenvalue weighted by atomic mass is 10.1. The van der Waals surface area contributed by atoms with E-state index in [4.69, 9.17) is 9.84 Å². The molecule has 3 heterocycles. The standard InChI is InChI=1S/C20H18N2O2S/c1-14-11-16-12-15(4-6-18(16)24-14)13-22-9-8-21-20(22)19-7-5-17(25-19)3-2-10-23/h4-9,12,14,23H,10-11,13H2,1H3/t14-/m0/s1. The summed E-state index contributed by atoms with van der Waals surface area (Å²) in [5.74, 6) is 7.57. The highest BCUT2D eigenvalue weighted by atomic mass is 32.1. The third-order valence-electron chi connectivity index (χ3n) is 4.15. The summed E-state index contributed by atoms with van der Waals surface area (Å²) in [5, 5.41) is 8.82. The molecule has 0 spiro atoms. The van der Waals surface area contributed by atoms with Gasteiger partial charge in [0.05, 0.1) is 9.75 Å². The minimum absolute atomic E-state index is 0.122. The molecule has 0 amide bonds. The Morgan fingerprint density at radius 2 is 2.28 bits per heavy atom. The Hall–Kier alpha value is -2.55. The first-order chi connectivity index (χ1) is 12.2. The van der Waals surface area contributed by atoms with Crippen molar-refractivity contribution in [3.8, 4) is 28.3 Å². The lowest BCUT2D eigenvalue weighted by molar-refractivity contribution is 0.254. The van der Waals surface area contributed by atoms with Gasteiger partial charge in [-0.2, -0.15) is 0 Å². The Morgan fingerprint density at radius 1 is 1.36 bits per heavy atom. The molecule has 0 saturated heterocycles. The number of benzene rings is 1. The van der Waals surface area contributed by atoms with Crippen molar-refractivity contribution < 1.29 is 9.84 Å². The van der Waals surface area contributed by atoms with E-state index in [1.807, 2.05) is 24.5 Å². The second kappa shape index (κ2) is 6.75. The predicted octanol–water partition coefficient (Wildman–Crippen LogP) is 3.33. The topological polar surface area (TPSA) is 47.3 Å². The van der Waals surface area contributed by atoms with Crippen LogP contribution >= 0.6 is 11.3 Å². The van der Waals surface area contributed by atoms with Crippen molar-refractivity contribution >= 4 is 11.3 Å². The monoisotopic (exact) mass is 350 g/mol. The van der Waals surface area contributed by atoms with Gasteiger partial charge in [-0.05, 0) is 36.2 Å². The van der Waals surface area contributed by atoms with E-state index < -0.39 is 0 Å². The molecule has 4 nitrogen and oxygen atoms in total. The van der Waals surface area contributed by atoms with Crippen LogP contribution in [0.15, 0.2) is 42.7 Å². The first-order valence-corrected chi connectivity index (χ1v) is 9.04. The molecule has 1 aliphatic rings. The Labute approximate surface area is 150 Å². The van der Waals surface area contributed by atoms with Gasteiger partial charge in [-0.1, -0.05) is 24.0 Å². The Balaban J connectivity index is 1.58.